The SMILES string of the molecule is Cn1nnnc1C(C=C[C@@H]1C[C@@H](O)CC(=O)O1)=C(c1ccc(C(F)(F)F)cc1)c1ccc(Cl)cc1Cl. The zero-order valence-electron chi connectivity index (χ0n) is 18.7. The van der Waals surface area contributed by atoms with Gasteiger partial charge in [0, 0.05) is 40.2 Å². The highest BCUT2D eigenvalue weighted by molar-refractivity contribution is 6.36. The lowest BCUT2D eigenvalue weighted by molar-refractivity contribution is -0.156. The van der Waals surface area contributed by atoms with Crippen molar-refractivity contribution in [3.05, 3.63) is 87.2 Å². The third-order valence-electron chi connectivity index (χ3n) is 5.50. The second kappa shape index (κ2) is 10.4. The van der Waals surface area contributed by atoms with E-state index in [2.05, 4.69) is 15.5 Å². The van der Waals surface area contributed by atoms with Gasteiger partial charge in [-0.1, -0.05) is 47.5 Å². The van der Waals surface area contributed by atoms with Crippen molar-refractivity contribution in [3.8, 4) is 0 Å². The number of cyclic esters (lactones) is 1. The van der Waals surface area contributed by atoms with Gasteiger partial charge in [-0.05, 0) is 46.3 Å². The second-order valence-corrected chi connectivity index (χ2v) is 8.94. The topological polar surface area (TPSA) is 90.1 Å². The van der Waals surface area contributed by atoms with Crippen molar-refractivity contribution in [2.24, 2.45) is 7.05 Å². The molecule has 1 aliphatic rings. The number of allylic oxidation sites excluding steroid dienone is 2. The van der Waals surface area contributed by atoms with Gasteiger partial charge in [-0.2, -0.15) is 13.2 Å². The van der Waals surface area contributed by atoms with Crippen LogP contribution in [0.4, 0.5) is 13.2 Å². The minimum absolute atomic E-state index is 0.0998. The Hall–Kier alpha value is -3.21. The lowest BCUT2D eigenvalue weighted by Crippen LogP contribution is -2.31. The van der Waals surface area contributed by atoms with Gasteiger partial charge in [-0.3, -0.25) is 4.79 Å². The van der Waals surface area contributed by atoms with Gasteiger partial charge >= 0.3 is 12.1 Å². The maximum atomic E-state index is 13.2. The lowest BCUT2D eigenvalue weighted by atomic mass is 9.91. The summed E-state index contributed by atoms with van der Waals surface area (Å²) in [5.41, 5.74) is 0.859. The number of aryl methyl sites for hydroxylation is 1. The molecule has 1 aliphatic heterocycles. The Morgan fingerprint density at radius 2 is 1.92 bits per heavy atom. The lowest BCUT2D eigenvalue weighted by Gasteiger charge is -2.23. The molecule has 0 saturated carbocycles. The third-order valence-corrected chi connectivity index (χ3v) is 6.05. The van der Waals surface area contributed by atoms with Crippen LogP contribution in [0.2, 0.25) is 10.0 Å². The standard InChI is InChI=1S/C24H19Cl2F3N4O3/c1-33-23(30-31-32-33)19(9-7-17-11-16(34)12-21(35)36-17)22(18-8-6-15(25)10-20(18)26)13-2-4-14(5-3-13)24(27,28)29/h2-10,16-17,34H,11-12H2,1H3/t16-,17-/m1/s1. The summed E-state index contributed by atoms with van der Waals surface area (Å²) < 4.78 is 46.4. The van der Waals surface area contributed by atoms with Crippen LogP contribution >= 0.6 is 23.2 Å². The summed E-state index contributed by atoms with van der Waals surface area (Å²) in [5, 5.41) is 22.2. The van der Waals surface area contributed by atoms with Gasteiger partial charge in [-0.15, -0.1) is 5.10 Å². The van der Waals surface area contributed by atoms with E-state index >= 15 is 0 Å². The molecule has 0 unspecified atom stereocenters. The number of benzene rings is 2. The maximum Gasteiger partial charge on any atom is 0.416 e. The van der Waals surface area contributed by atoms with Crippen molar-refractivity contribution in [2.75, 3.05) is 0 Å². The monoisotopic (exact) mass is 538 g/mol. The first-order chi connectivity index (χ1) is 17.0. The van der Waals surface area contributed by atoms with Gasteiger partial charge in [0.2, 0.25) is 0 Å². The number of hydrogen-bond donors (Lipinski definition) is 1. The van der Waals surface area contributed by atoms with Crippen LogP contribution in [0.1, 0.15) is 35.4 Å². The van der Waals surface area contributed by atoms with E-state index in [1.807, 2.05) is 0 Å². The highest BCUT2D eigenvalue weighted by Crippen LogP contribution is 2.38. The van der Waals surface area contributed by atoms with Gasteiger partial charge in [0.25, 0.3) is 0 Å². The number of hydrogen-bond acceptors (Lipinski definition) is 6. The predicted octanol–water partition coefficient (Wildman–Crippen LogP) is 5.12. The number of rotatable bonds is 5. The third kappa shape index (κ3) is 5.77. The first-order valence-electron chi connectivity index (χ1n) is 10.7. The molecule has 1 aromatic heterocycles. The molecule has 1 saturated heterocycles. The minimum Gasteiger partial charge on any atom is -0.458 e. The average molecular weight is 539 g/mol. The highest BCUT2D eigenvalue weighted by Gasteiger charge is 2.31. The summed E-state index contributed by atoms with van der Waals surface area (Å²) in [6.07, 6.45) is -2.85. The molecule has 0 bridgehead atoms. The molecular formula is C24H19Cl2F3N4O3. The number of aliphatic hydroxyl groups excluding tert-OH is 1. The van der Waals surface area contributed by atoms with E-state index in [0.717, 1.165) is 12.1 Å². The van der Waals surface area contributed by atoms with Crippen LogP contribution in [0.25, 0.3) is 11.1 Å². The number of alkyl halides is 3. The number of halogens is 5. The molecule has 2 atom stereocenters. The Balaban J connectivity index is 1.95. The number of tetrazole rings is 1. The van der Waals surface area contributed by atoms with Crippen LogP contribution in [-0.2, 0) is 22.8 Å². The van der Waals surface area contributed by atoms with Crippen LogP contribution in [0.15, 0.2) is 54.6 Å². The Bertz CT molecular complexity index is 1340. The summed E-state index contributed by atoms with van der Waals surface area (Å²) in [6, 6.07) is 9.33. The van der Waals surface area contributed by atoms with Crippen molar-refractivity contribution < 1.29 is 27.8 Å². The molecule has 7 nitrogen and oxygen atoms in total. The fourth-order valence-corrected chi connectivity index (χ4v) is 4.33. The van der Waals surface area contributed by atoms with Crippen molar-refractivity contribution in [3.63, 3.8) is 0 Å². The minimum atomic E-state index is -4.51. The molecule has 188 valence electrons. The smallest absolute Gasteiger partial charge is 0.416 e. The zero-order chi connectivity index (χ0) is 26.0. The molecule has 3 aromatic rings. The van der Waals surface area contributed by atoms with Crippen molar-refractivity contribution in [2.45, 2.75) is 31.2 Å². The van der Waals surface area contributed by atoms with E-state index in [-0.39, 0.29) is 23.7 Å². The summed E-state index contributed by atoms with van der Waals surface area (Å²) in [7, 11) is 1.60. The number of nitrogens with zero attached hydrogens (tertiary/aromatic N) is 4. The fraction of sp³-hybridized carbons (Fsp3) is 0.250. The normalized spacial score (nSPS) is 19.4. The molecule has 1 N–H and O–H groups in total. The summed E-state index contributed by atoms with van der Waals surface area (Å²) in [6.45, 7) is 0. The van der Waals surface area contributed by atoms with Gasteiger partial charge in [-0.25, -0.2) is 4.68 Å². The Morgan fingerprint density at radius 3 is 2.50 bits per heavy atom. The van der Waals surface area contributed by atoms with Gasteiger partial charge in [0.1, 0.15) is 6.10 Å². The largest absolute Gasteiger partial charge is 0.458 e. The number of carbonyl (C=O) groups excluding carboxylic acids is 1. The molecule has 2 heterocycles. The molecule has 0 aliphatic carbocycles. The van der Waals surface area contributed by atoms with Crippen LogP contribution in [-0.4, -0.2) is 43.5 Å². The highest BCUT2D eigenvalue weighted by atomic mass is 35.5. The van der Waals surface area contributed by atoms with E-state index in [9.17, 15) is 23.1 Å². The molecule has 0 radical (unpaired) electrons. The molecule has 0 spiro atoms. The molecule has 2 aromatic carbocycles. The molecule has 36 heavy (non-hydrogen) atoms. The van der Waals surface area contributed by atoms with Crippen molar-refractivity contribution in [1.29, 1.82) is 0 Å². The van der Waals surface area contributed by atoms with Gasteiger partial charge in [0.05, 0.1) is 18.1 Å². The van der Waals surface area contributed by atoms with E-state index in [0.29, 0.717) is 27.3 Å². The first kappa shape index (κ1) is 25.9. The van der Waals surface area contributed by atoms with Gasteiger partial charge < -0.3 is 9.84 Å². The van der Waals surface area contributed by atoms with Crippen LogP contribution < -0.4 is 0 Å². The van der Waals surface area contributed by atoms with Crippen molar-refractivity contribution >= 4 is 40.3 Å². The second-order valence-electron chi connectivity index (χ2n) is 8.10. The predicted molar refractivity (Wildman–Crippen MR) is 127 cm³/mol. The van der Waals surface area contributed by atoms with E-state index < -0.39 is 29.9 Å². The van der Waals surface area contributed by atoms with E-state index in [1.165, 1.54) is 22.9 Å². The quantitative estimate of drug-likeness (QED) is 0.358. The Labute approximate surface area is 213 Å². The fourth-order valence-electron chi connectivity index (χ4n) is 3.83. The number of aliphatic hydroxyl groups is 1. The van der Waals surface area contributed by atoms with Crippen LogP contribution in [0, 0.1) is 0 Å². The number of aromatic nitrogens is 4. The molecule has 4 rings (SSSR count). The van der Waals surface area contributed by atoms with Gasteiger partial charge in [0.15, 0.2) is 5.82 Å². The average Bonchev–Trinajstić information content (AvgIpc) is 3.22. The first-order valence-corrected chi connectivity index (χ1v) is 11.4. The maximum absolute atomic E-state index is 13.2. The Morgan fingerprint density at radius 1 is 1.19 bits per heavy atom. The van der Waals surface area contributed by atoms with Crippen LogP contribution in [0.5, 0.6) is 0 Å². The summed E-state index contributed by atoms with van der Waals surface area (Å²) in [4.78, 5) is 11.8. The Kier molecular flexibility index (Phi) is 7.49. The number of carbonyl (C=O) groups is 1. The summed E-state index contributed by atoms with van der Waals surface area (Å²) in [5.74, 6) is -0.271. The van der Waals surface area contributed by atoms with E-state index in [4.69, 9.17) is 27.9 Å². The van der Waals surface area contributed by atoms with Crippen LogP contribution in [0.3, 0.4) is 0 Å². The van der Waals surface area contributed by atoms with E-state index in [1.54, 1.807) is 31.3 Å². The van der Waals surface area contributed by atoms with Crippen molar-refractivity contribution in [1.82, 2.24) is 20.2 Å². The number of esters is 1. The molecule has 0 amide bonds. The molecule has 1 fully saturated rings. The number of ether oxygens (including phenoxy) is 1. The molecule has 12 heteroatoms. The summed E-state index contributed by atoms with van der Waals surface area (Å²) >= 11 is 12.6. The molecular weight excluding hydrogens is 520 g/mol. The zero-order valence-corrected chi connectivity index (χ0v) is 20.2.